The van der Waals surface area contributed by atoms with Gasteiger partial charge in [-0.1, -0.05) is 20.8 Å². The molecule has 5 heteroatoms. The standard InChI is InChI=1S/C16H30O4Si/c1-14(2,3)21(6,7)20-11-8-9-16(15(4,5)18)10-12-19-13(16)17/h10,12,18H,8-9,11H2,1-7H3. The van der Waals surface area contributed by atoms with E-state index in [0.717, 1.165) is 6.42 Å². The molecule has 0 aliphatic carbocycles. The van der Waals surface area contributed by atoms with Crippen LogP contribution in [0.5, 0.6) is 0 Å². The van der Waals surface area contributed by atoms with Gasteiger partial charge in [-0.25, -0.2) is 0 Å². The maximum absolute atomic E-state index is 12.0. The SMILES string of the molecule is CC(C)(O)C1(CCCO[Si](C)(C)C(C)(C)C)C=COC1=O. The van der Waals surface area contributed by atoms with E-state index in [1.165, 1.54) is 6.26 Å². The molecule has 1 heterocycles. The first kappa shape index (κ1) is 18.4. The van der Waals surface area contributed by atoms with Crippen molar-refractivity contribution in [2.45, 2.75) is 71.2 Å². The Bertz CT molecular complexity index is 415. The zero-order chi connectivity index (χ0) is 16.5. The first-order chi connectivity index (χ1) is 9.33. The van der Waals surface area contributed by atoms with Gasteiger partial charge in [-0.15, -0.1) is 0 Å². The molecule has 1 N–H and O–H groups in total. The Kier molecular flexibility index (Phi) is 5.13. The predicted molar refractivity (Wildman–Crippen MR) is 86.3 cm³/mol. The molecule has 0 aromatic heterocycles. The van der Waals surface area contributed by atoms with Gasteiger partial charge in [-0.05, 0) is 50.9 Å². The van der Waals surface area contributed by atoms with E-state index < -0.39 is 19.3 Å². The number of aliphatic hydroxyl groups is 1. The number of hydrogen-bond acceptors (Lipinski definition) is 4. The van der Waals surface area contributed by atoms with Crippen LogP contribution >= 0.6 is 0 Å². The fourth-order valence-electron chi connectivity index (χ4n) is 2.23. The van der Waals surface area contributed by atoms with Crippen LogP contribution in [0.4, 0.5) is 0 Å². The Hall–Kier alpha value is -0.653. The molecule has 4 nitrogen and oxygen atoms in total. The van der Waals surface area contributed by atoms with Gasteiger partial charge in [0.2, 0.25) is 0 Å². The molecule has 0 fully saturated rings. The lowest BCUT2D eigenvalue weighted by Gasteiger charge is -2.38. The van der Waals surface area contributed by atoms with Gasteiger partial charge in [0, 0.05) is 6.61 Å². The fraction of sp³-hybridized carbons (Fsp3) is 0.812. The Morgan fingerprint density at radius 1 is 1.29 bits per heavy atom. The summed E-state index contributed by atoms with van der Waals surface area (Å²) in [6.07, 6.45) is 4.31. The molecule has 0 saturated heterocycles. The monoisotopic (exact) mass is 314 g/mol. The average Bonchev–Trinajstić information content (AvgIpc) is 2.65. The van der Waals surface area contributed by atoms with Crippen LogP contribution in [0, 0.1) is 5.41 Å². The average molecular weight is 314 g/mol. The summed E-state index contributed by atoms with van der Waals surface area (Å²) in [6, 6.07) is 0. The second kappa shape index (κ2) is 5.86. The largest absolute Gasteiger partial charge is 0.434 e. The van der Waals surface area contributed by atoms with Gasteiger partial charge in [0.1, 0.15) is 5.41 Å². The summed E-state index contributed by atoms with van der Waals surface area (Å²) in [5.41, 5.74) is -2.10. The van der Waals surface area contributed by atoms with Crippen LogP contribution in [0.25, 0.3) is 0 Å². The minimum absolute atomic E-state index is 0.174. The molecule has 0 spiro atoms. The van der Waals surface area contributed by atoms with Crippen molar-refractivity contribution in [2.75, 3.05) is 6.61 Å². The number of esters is 1. The zero-order valence-corrected chi connectivity index (χ0v) is 15.4. The highest BCUT2D eigenvalue weighted by Gasteiger charge is 2.51. The minimum Gasteiger partial charge on any atom is -0.434 e. The molecule has 1 atom stereocenters. The molecule has 0 amide bonds. The van der Waals surface area contributed by atoms with Crippen molar-refractivity contribution in [2.24, 2.45) is 5.41 Å². The van der Waals surface area contributed by atoms with Crippen molar-refractivity contribution < 1.29 is 19.1 Å². The molecule has 0 saturated carbocycles. The van der Waals surface area contributed by atoms with Crippen molar-refractivity contribution in [3.63, 3.8) is 0 Å². The van der Waals surface area contributed by atoms with Crippen LogP contribution in [-0.4, -0.2) is 31.6 Å². The van der Waals surface area contributed by atoms with E-state index in [0.29, 0.717) is 13.0 Å². The van der Waals surface area contributed by atoms with E-state index >= 15 is 0 Å². The lowest BCUT2D eigenvalue weighted by atomic mass is 9.71. The predicted octanol–water partition coefficient (Wildman–Crippen LogP) is 3.62. The highest BCUT2D eigenvalue weighted by Crippen LogP contribution is 2.42. The summed E-state index contributed by atoms with van der Waals surface area (Å²) in [7, 11) is -1.77. The molecule has 0 aromatic rings. The summed E-state index contributed by atoms with van der Waals surface area (Å²) in [5.74, 6) is -0.373. The molecule has 0 radical (unpaired) electrons. The Labute approximate surface area is 129 Å². The maximum atomic E-state index is 12.0. The second-order valence-electron chi connectivity index (χ2n) is 7.95. The Morgan fingerprint density at radius 3 is 2.24 bits per heavy atom. The van der Waals surface area contributed by atoms with E-state index in [2.05, 4.69) is 33.9 Å². The third kappa shape index (κ3) is 3.76. The molecule has 1 unspecified atom stereocenters. The van der Waals surface area contributed by atoms with Gasteiger partial charge < -0.3 is 14.3 Å². The quantitative estimate of drug-likeness (QED) is 0.462. The van der Waals surface area contributed by atoms with Crippen molar-refractivity contribution in [1.82, 2.24) is 0 Å². The van der Waals surface area contributed by atoms with Crippen LogP contribution in [-0.2, 0) is 14.0 Å². The maximum Gasteiger partial charge on any atom is 0.323 e. The van der Waals surface area contributed by atoms with Crippen LogP contribution in [0.1, 0.15) is 47.5 Å². The lowest BCUT2D eigenvalue weighted by molar-refractivity contribution is -0.156. The van der Waals surface area contributed by atoms with Crippen LogP contribution < -0.4 is 0 Å². The van der Waals surface area contributed by atoms with Gasteiger partial charge in [0.15, 0.2) is 8.32 Å². The molecule has 21 heavy (non-hydrogen) atoms. The molecule has 1 aliphatic rings. The van der Waals surface area contributed by atoms with Crippen molar-refractivity contribution in [3.05, 3.63) is 12.3 Å². The number of carbonyl (C=O) groups is 1. The second-order valence-corrected chi connectivity index (χ2v) is 12.8. The zero-order valence-electron chi connectivity index (χ0n) is 14.4. The van der Waals surface area contributed by atoms with Gasteiger partial charge in [-0.2, -0.15) is 0 Å². The normalized spacial score (nSPS) is 23.5. The van der Waals surface area contributed by atoms with E-state index in [9.17, 15) is 9.90 Å². The molecule has 0 aromatic carbocycles. The van der Waals surface area contributed by atoms with E-state index in [4.69, 9.17) is 9.16 Å². The molecule has 0 bridgehead atoms. The Morgan fingerprint density at radius 2 is 1.86 bits per heavy atom. The highest BCUT2D eigenvalue weighted by molar-refractivity contribution is 6.74. The van der Waals surface area contributed by atoms with Gasteiger partial charge in [-0.3, -0.25) is 4.79 Å². The minimum atomic E-state index is -1.77. The molecule has 1 rings (SSSR count). The Balaban J connectivity index is 2.62. The summed E-state index contributed by atoms with van der Waals surface area (Å²) in [5, 5.41) is 10.5. The third-order valence-corrected chi connectivity index (χ3v) is 9.51. The number of ether oxygens (including phenoxy) is 1. The van der Waals surface area contributed by atoms with Gasteiger partial charge in [0.05, 0.1) is 11.9 Å². The van der Waals surface area contributed by atoms with E-state index in [1.807, 2.05) is 0 Å². The first-order valence-corrected chi connectivity index (χ1v) is 10.5. The number of rotatable bonds is 6. The summed E-state index contributed by atoms with van der Waals surface area (Å²) >= 11 is 0. The van der Waals surface area contributed by atoms with E-state index in [1.54, 1.807) is 19.9 Å². The molecule has 122 valence electrons. The molecular formula is C16H30O4Si. The smallest absolute Gasteiger partial charge is 0.323 e. The van der Waals surface area contributed by atoms with Crippen molar-refractivity contribution >= 4 is 14.3 Å². The molecule has 1 aliphatic heterocycles. The first-order valence-electron chi connectivity index (χ1n) is 7.59. The lowest BCUT2D eigenvalue weighted by Crippen LogP contribution is -2.47. The summed E-state index contributed by atoms with van der Waals surface area (Å²) in [6.45, 7) is 14.9. The summed E-state index contributed by atoms with van der Waals surface area (Å²) in [4.78, 5) is 12.0. The number of carbonyl (C=O) groups excluding carboxylic acids is 1. The number of hydrogen-bond donors (Lipinski definition) is 1. The third-order valence-electron chi connectivity index (χ3n) is 4.97. The molecular weight excluding hydrogens is 284 g/mol. The van der Waals surface area contributed by atoms with Crippen LogP contribution in [0.2, 0.25) is 18.1 Å². The van der Waals surface area contributed by atoms with Gasteiger partial charge in [0.25, 0.3) is 0 Å². The van der Waals surface area contributed by atoms with Gasteiger partial charge >= 0.3 is 5.97 Å². The van der Waals surface area contributed by atoms with Crippen molar-refractivity contribution in [3.8, 4) is 0 Å². The topological polar surface area (TPSA) is 55.8 Å². The highest BCUT2D eigenvalue weighted by atomic mass is 28.4. The summed E-state index contributed by atoms with van der Waals surface area (Å²) < 4.78 is 11.1. The van der Waals surface area contributed by atoms with E-state index in [-0.39, 0.29) is 11.0 Å². The number of cyclic esters (lactones) is 1. The van der Waals surface area contributed by atoms with Crippen LogP contribution in [0.15, 0.2) is 12.3 Å². The van der Waals surface area contributed by atoms with Crippen LogP contribution in [0.3, 0.4) is 0 Å². The fourth-order valence-corrected chi connectivity index (χ4v) is 3.31. The van der Waals surface area contributed by atoms with Crippen molar-refractivity contribution in [1.29, 1.82) is 0 Å².